The first kappa shape index (κ1) is 15.5. The van der Waals surface area contributed by atoms with Crippen molar-refractivity contribution < 1.29 is 19.5 Å². The van der Waals surface area contributed by atoms with Gasteiger partial charge in [-0.1, -0.05) is 20.3 Å². The Kier molecular flexibility index (Phi) is 5.32. The Hall–Kier alpha value is -1.59. The number of nitrogens with two attached hydrogens (primary N) is 1. The number of aliphatic carboxylic acids is 1. The monoisotopic (exact) mass is 270 g/mol. The first-order valence-electron chi connectivity index (χ1n) is 6.65. The van der Waals surface area contributed by atoms with E-state index in [9.17, 15) is 14.4 Å². The molecule has 0 aromatic rings. The van der Waals surface area contributed by atoms with E-state index in [2.05, 4.69) is 5.32 Å². The van der Waals surface area contributed by atoms with Gasteiger partial charge in [-0.3, -0.25) is 14.4 Å². The second kappa shape index (κ2) is 6.54. The number of carboxylic acids is 1. The lowest BCUT2D eigenvalue weighted by atomic mass is 9.81. The first-order valence-corrected chi connectivity index (χ1v) is 6.65. The molecule has 0 saturated heterocycles. The van der Waals surface area contributed by atoms with Crippen LogP contribution in [0.4, 0.5) is 0 Å². The van der Waals surface area contributed by atoms with Crippen LogP contribution in [0.1, 0.15) is 39.5 Å². The van der Waals surface area contributed by atoms with Gasteiger partial charge in [0.05, 0.1) is 5.92 Å². The molecule has 2 amide bonds. The van der Waals surface area contributed by atoms with Crippen molar-refractivity contribution in [3.8, 4) is 0 Å². The Labute approximate surface area is 112 Å². The summed E-state index contributed by atoms with van der Waals surface area (Å²) in [5, 5.41) is 11.6. The average Bonchev–Trinajstić information content (AvgIpc) is 2.34. The summed E-state index contributed by atoms with van der Waals surface area (Å²) >= 11 is 0. The number of rotatable bonds is 5. The fourth-order valence-corrected chi connectivity index (χ4v) is 2.49. The summed E-state index contributed by atoms with van der Waals surface area (Å²) in [6, 6.07) is -0.697. The smallest absolute Gasteiger partial charge is 0.306 e. The van der Waals surface area contributed by atoms with Gasteiger partial charge in [-0.2, -0.15) is 0 Å². The summed E-state index contributed by atoms with van der Waals surface area (Å²) in [6.45, 7) is 3.60. The molecule has 0 heterocycles. The van der Waals surface area contributed by atoms with Crippen LogP contribution in [-0.2, 0) is 14.4 Å². The second-order valence-electron chi connectivity index (χ2n) is 5.53. The Balaban J connectivity index is 2.62. The molecule has 0 radical (unpaired) electrons. The molecular weight excluding hydrogens is 248 g/mol. The van der Waals surface area contributed by atoms with Gasteiger partial charge in [-0.05, 0) is 25.2 Å². The fraction of sp³-hybridized carbons (Fsp3) is 0.769. The lowest BCUT2D eigenvalue weighted by molar-refractivity contribution is -0.144. The quantitative estimate of drug-likeness (QED) is 0.675. The highest BCUT2D eigenvalue weighted by atomic mass is 16.4. The second-order valence-corrected chi connectivity index (χ2v) is 5.53. The number of primary amides is 1. The highest BCUT2D eigenvalue weighted by Gasteiger charge is 2.33. The van der Waals surface area contributed by atoms with E-state index >= 15 is 0 Å². The van der Waals surface area contributed by atoms with E-state index < -0.39 is 23.8 Å². The molecule has 1 saturated carbocycles. The van der Waals surface area contributed by atoms with E-state index in [1.165, 1.54) is 0 Å². The highest BCUT2D eigenvalue weighted by Crippen LogP contribution is 2.29. The third-order valence-corrected chi connectivity index (χ3v) is 3.67. The summed E-state index contributed by atoms with van der Waals surface area (Å²) in [4.78, 5) is 34.3. The van der Waals surface area contributed by atoms with Crippen molar-refractivity contribution in [3.63, 3.8) is 0 Å². The lowest BCUT2D eigenvalue weighted by Crippen LogP contribution is -2.50. The zero-order chi connectivity index (χ0) is 14.6. The minimum atomic E-state index is -0.854. The average molecular weight is 270 g/mol. The van der Waals surface area contributed by atoms with Crippen molar-refractivity contribution in [2.24, 2.45) is 23.5 Å². The van der Waals surface area contributed by atoms with E-state index in [0.29, 0.717) is 19.3 Å². The molecule has 1 rings (SSSR count). The number of hydrogen-bond donors (Lipinski definition) is 3. The molecule has 1 aliphatic rings. The van der Waals surface area contributed by atoms with E-state index in [0.717, 1.165) is 6.42 Å². The zero-order valence-corrected chi connectivity index (χ0v) is 11.4. The normalized spacial score (nSPS) is 24.8. The topological polar surface area (TPSA) is 109 Å². The van der Waals surface area contributed by atoms with E-state index in [1.807, 2.05) is 0 Å². The van der Waals surface area contributed by atoms with Gasteiger partial charge in [0.15, 0.2) is 0 Å². The van der Waals surface area contributed by atoms with Gasteiger partial charge in [0.1, 0.15) is 6.04 Å². The van der Waals surface area contributed by atoms with Crippen molar-refractivity contribution >= 4 is 17.8 Å². The number of carbonyl (C=O) groups excluding carboxylic acids is 2. The van der Waals surface area contributed by atoms with Gasteiger partial charge >= 0.3 is 5.97 Å². The van der Waals surface area contributed by atoms with Gasteiger partial charge in [0.25, 0.3) is 0 Å². The Morgan fingerprint density at radius 3 is 2.26 bits per heavy atom. The van der Waals surface area contributed by atoms with E-state index in [1.54, 1.807) is 13.8 Å². The summed E-state index contributed by atoms with van der Waals surface area (Å²) in [5.41, 5.74) is 5.24. The fourth-order valence-electron chi connectivity index (χ4n) is 2.49. The molecule has 0 aliphatic heterocycles. The summed E-state index contributed by atoms with van der Waals surface area (Å²) in [7, 11) is 0. The number of hydrogen-bond acceptors (Lipinski definition) is 3. The Morgan fingerprint density at radius 2 is 1.79 bits per heavy atom. The van der Waals surface area contributed by atoms with Crippen molar-refractivity contribution in [2.45, 2.75) is 45.6 Å². The molecule has 3 unspecified atom stereocenters. The molecule has 19 heavy (non-hydrogen) atoms. The molecule has 6 nitrogen and oxygen atoms in total. The molecule has 0 spiro atoms. The van der Waals surface area contributed by atoms with Gasteiger partial charge in [-0.25, -0.2) is 0 Å². The van der Waals surface area contributed by atoms with Gasteiger partial charge in [0, 0.05) is 5.92 Å². The minimum Gasteiger partial charge on any atom is -0.481 e. The summed E-state index contributed by atoms with van der Waals surface area (Å²) in [6.07, 6.45) is 2.34. The van der Waals surface area contributed by atoms with Crippen LogP contribution in [0.25, 0.3) is 0 Å². The highest BCUT2D eigenvalue weighted by molar-refractivity contribution is 5.88. The molecule has 3 atom stereocenters. The van der Waals surface area contributed by atoms with Crippen LogP contribution in [0.15, 0.2) is 0 Å². The molecular formula is C13H22N2O4. The lowest BCUT2D eigenvalue weighted by Gasteiger charge is -2.28. The molecule has 1 fully saturated rings. The summed E-state index contributed by atoms with van der Waals surface area (Å²) < 4.78 is 0. The predicted molar refractivity (Wildman–Crippen MR) is 69.0 cm³/mol. The summed E-state index contributed by atoms with van der Waals surface area (Å²) in [5.74, 6) is -2.56. The van der Waals surface area contributed by atoms with E-state index in [-0.39, 0.29) is 17.7 Å². The van der Waals surface area contributed by atoms with Crippen molar-refractivity contribution in [1.82, 2.24) is 5.32 Å². The molecule has 0 aromatic carbocycles. The van der Waals surface area contributed by atoms with Crippen molar-refractivity contribution in [2.75, 3.05) is 0 Å². The van der Waals surface area contributed by atoms with Crippen LogP contribution in [0.5, 0.6) is 0 Å². The van der Waals surface area contributed by atoms with Crippen LogP contribution < -0.4 is 11.1 Å². The molecule has 6 heteroatoms. The maximum Gasteiger partial charge on any atom is 0.306 e. The first-order chi connectivity index (χ1) is 8.82. The van der Waals surface area contributed by atoms with E-state index in [4.69, 9.17) is 10.8 Å². The predicted octanol–water partition coefficient (Wildman–Crippen LogP) is 0.504. The molecule has 1 aliphatic carbocycles. The van der Waals surface area contributed by atoms with Crippen LogP contribution >= 0.6 is 0 Å². The van der Waals surface area contributed by atoms with Crippen LogP contribution in [0.3, 0.4) is 0 Å². The number of carboxylic acid groups (broad SMARTS) is 1. The van der Waals surface area contributed by atoms with Crippen LogP contribution in [0, 0.1) is 17.8 Å². The van der Waals surface area contributed by atoms with Gasteiger partial charge < -0.3 is 16.2 Å². The molecule has 108 valence electrons. The Morgan fingerprint density at radius 1 is 1.21 bits per heavy atom. The SMILES string of the molecule is CC(C)C(NC(=O)C1CCCC(C(=O)O)C1)C(N)=O. The standard InChI is InChI=1S/C13H22N2O4/c1-7(2)10(11(14)16)15-12(17)8-4-3-5-9(6-8)13(18)19/h7-10H,3-6H2,1-2H3,(H2,14,16)(H,15,17)(H,18,19). The Bertz CT molecular complexity index is 368. The largest absolute Gasteiger partial charge is 0.481 e. The van der Waals surface area contributed by atoms with Crippen LogP contribution in [0.2, 0.25) is 0 Å². The third kappa shape index (κ3) is 4.22. The zero-order valence-electron chi connectivity index (χ0n) is 11.4. The maximum absolute atomic E-state index is 12.1. The molecule has 4 N–H and O–H groups in total. The molecule has 0 aromatic heterocycles. The molecule has 0 bridgehead atoms. The third-order valence-electron chi connectivity index (χ3n) is 3.67. The number of nitrogens with one attached hydrogen (secondary N) is 1. The van der Waals surface area contributed by atoms with Crippen molar-refractivity contribution in [3.05, 3.63) is 0 Å². The minimum absolute atomic E-state index is 0.0830. The van der Waals surface area contributed by atoms with Gasteiger partial charge in [0.2, 0.25) is 11.8 Å². The number of carbonyl (C=O) groups is 3. The van der Waals surface area contributed by atoms with Gasteiger partial charge in [-0.15, -0.1) is 0 Å². The maximum atomic E-state index is 12.1. The van der Waals surface area contributed by atoms with Crippen LogP contribution in [-0.4, -0.2) is 28.9 Å². The number of amides is 2. The van der Waals surface area contributed by atoms with Crippen molar-refractivity contribution in [1.29, 1.82) is 0 Å².